The summed E-state index contributed by atoms with van der Waals surface area (Å²) in [6.45, 7) is 5.98. The van der Waals surface area contributed by atoms with Crippen LogP contribution in [-0.2, 0) is 21.2 Å². The number of amides is 1. The van der Waals surface area contributed by atoms with Gasteiger partial charge in [-0.15, -0.1) is 0 Å². The summed E-state index contributed by atoms with van der Waals surface area (Å²) < 4.78 is 40.5. The normalized spacial score (nSPS) is 21.3. The van der Waals surface area contributed by atoms with Gasteiger partial charge >= 0.3 is 0 Å². The number of rotatable bonds is 10. The molecule has 226 valence electrons. The van der Waals surface area contributed by atoms with Gasteiger partial charge in [-0.05, 0) is 75.2 Å². The molecular formula is C31H45N3O6S. The molecule has 0 aromatic heterocycles. The number of ether oxygens (including phenoxy) is 2. The zero-order valence-corrected chi connectivity index (χ0v) is 25.5. The molecule has 0 unspecified atom stereocenters. The van der Waals surface area contributed by atoms with Gasteiger partial charge in [-0.3, -0.25) is 9.52 Å². The van der Waals surface area contributed by atoms with E-state index in [1.807, 2.05) is 6.92 Å². The van der Waals surface area contributed by atoms with Gasteiger partial charge in [-0.2, -0.15) is 0 Å². The topological polar surface area (TPSA) is 108 Å². The first-order chi connectivity index (χ1) is 19.6. The van der Waals surface area contributed by atoms with Crippen LogP contribution in [0.15, 0.2) is 47.4 Å². The van der Waals surface area contributed by atoms with Crippen molar-refractivity contribution in [3.8, 4) is 11.5 Å². The van der Waals surface area contributed by atoms with Crippen LogP contribution in [0.1, 0.15) is 51.5 Å². The fourth-order valence-corrected chi connectivity index (χ4v) is 6.92. The number of nitrogens with zero attached hydrogens (tertiary/aromatic N) is 2. The van der Waals surface area contributed by atoms with Crippen LogP contribution in [0, 0.1) is 11.8 Å². The number of hydrogen-bond donors (Lipinski definition) is 2. The van der Waals surface area contributed by atoms with Crippen molar-refractivity contribution in [2.75, 3.05) is 45.1 Å². The predicted molar refractivity (Wildman–Crippen MR) is 160 cm³/mol. The van der Waals surface area contributed by atoms with Gasteiger partial charge in [0, 0.05) is 36.8 Å². The monoisotopic (exact) mass is 587 g/mol. The van der Waals surface area contributed by atoms with Crippen molar-refractivity contribution in [1.29, 1.82) is 0 Å². The lowest BCUT2D eigenvalue weighted by Crippen LogP contribution is -2.48. The van der Waals surface area contributed by atoms with E-state index < -0.39 is 10.0 Å². The summed E-state index contributed by atoms with van der Waals surface area (Å²) in [6.07, 6.45) is 6.29. The highest BCUT2D eigenvalue weighted by atomic mass is 32.2. The van der Waals surface area contributed by atoms with Gasteiger partial charge in [0.15, 0.2) is 0 Å². The van der Waals surface area contributed by atoms with Crippen molar-refractivity contribution < 1.29 is 27.8 Å². The highest BCUT2D eigenvalue weighted by Crippen LogP contribution is 2.31. The van der Waals surface area contributed by atoms with Crippen LogP contribution in [0.25, 0.3) is 0 Å². The number of sulfonamides is 1. The Bertz CT molecular complexity index is 1260. The molecule has 2 aromatic carbocycles. The molecule has 41 heavy (non-hydrogen) atoms. The summed E-state index contributed by atoms with van der Waals surface area (Å²) >= 11 is 0. The summed E-state index contributed by atoms with van der Waals surface area (Å²) in [5.74, 6) is 1.72. The molecule has 4 rings (SSSR count). The van der Waals surface area contributed by atoms with E-state index in [1.165, 1.54) is 51.3 Å². The first-order valence-electron chi connectivity index (χ1n) is 14.6. The number of methoxy groups -OCH3 is 1. The van der Waals surface area contributed by atoms with Gasteiger partial charge in [0.1, 0.15) is 17.6 Å². The SMILES string of the molecule is COc1ccc(S(=O)(=O)Nc2ccc3c(c2)CC(=O)N([C@H](C)CO)C[C@@H](C)[C@H](CN(C)CC2CCCCC2)O3)cc1. The smallest absolute Gasteiger partial charge is 0.261 e. The molecule has 1 saturated carbocycles. The van der Waals surface area contributed by atoms with Crippen molar-refractivity contribution in [1.82, 2.24) is 9.80 Å². The fourth-order valence-electron chi connectivity index (χ4n) is 5.87. The highest BCUT2D eigenvalue weighted by Gasteiger charge is 2.31. The van der Waals surface area contributed by atoms with Gasteiger partial charge < -0.3 is 24.4 Å². The summed E-state index contributed by atoms with van der Waals surface area (Å²) in [4.78, 5) is 17.7. The van der Waals surface area contributed by atoms with E-state index in [0.29, 0.717) is 41.8 Å². The van der Waals surface area contributed by atoms with Gasteiger partial charge in [0.2, 0.25) is 5.91 Å². The minimum Gasteiger partial charge on any atom is -0.497 e. The number of carbonyl (C=O) groups is 1. The zero-order valence-electron chi connectivity index (χ0n) is 24.7. The summed E-state index contributed by atoms with van der Waals surface area (Å²) in [7, 11) is -0.206. The second-order valence-corrected chi connectivity index (χ2v) is 13.4. The Kier molecular flexibility index (Phi) is 10.5. The Labute approximate surface area is 244 Å². The Morgan fingerprint density at radius 1 is 1.12 bits per heavy atom. The number of benzene rings is 2. The summed E-state index contributed by atoms with van der Waals surface area (Å²) in [5.41, 5.74) is 0.949. The molecule has 2 aromatic rings. The maximum absolute atomic E-state index is 13.5. The second-order valence-electron chi connectivity index (χ2n) is 11.7. The Hall–Kier alpha value is -2.82. The number of aliphatic hydroxyl groups excluding tert-OH is 1. The average Bonchev–Trinajstić information content (AvgIpc) is 3.00. The molecule has 10 heteroatoms. The molecule has 1 aliphatic carbocycles. The highest BCUT2D eigenvalue weighted by molar-refractivity contribution is 7.92. The van der Waals surface area contributed by atoms with Crippen LogP contribution in [-0.4, -0.2) is 81.8 Å². The molecule has 1 heterocycles. The molecule has 3 atom stereocenters. The second kappa shape index (κ2) is 13.9. The first kappa shape index (κ1) is 31.1. The fraction of sp³-hybridized carbons (Fsp3) is 0.581. The van der Waals surface area contributed by atoms with Gasteiger partial charge in [-0.1, -0.05) is 26.2 Å². The molecule has 0 radical (unpaired) electrons. The van der Waals surface area contributed by atoms with E-state index in [4.69, 9.17) is 9.47 Å². The third-order valence-electron chi connectivity index (χ3n) is 8.32. The minimum absolute atomic E-state index is 0.0148. The molecule has 0 spiro atoms. The minimum atomic E-state index is -3.86. The molecular weight excluding hydrogens is 542 g/mol. The standard InChI is InChI=1S/C31H45N3O6S/c1-22-18-34(23(2)21-35)31(36)17-25-16-26(32-41(37,38)28-13-11-27(39-4)12-14-28)10-15-29(25)40-30(22)20-33(3)19-24-8-6-5-7-9-24/h10-16,22-24,30,32,35H,5-9,17-21H2,1-4H3/t22-,23-,30+/m1/s1. The Balaban J connectivity index is 1.59. The Morgan fingerprint density at radius 2 is 1.83 bits per heavy atom. The molecule has 1 aliphatic heterocycles. The van der Waals surface area contributed by atoms with Crippen LogP contribution in [0.4, 0.5) is 5.69 Å². The van der Waals surface area contributed by atoms with Crippen LogP contribution in [0.3, 0.4) is 0 Å². The molecule has 1 fully saturated rings. The van der Waals surface area contributed by atoms with Crippen molar-refractivity contribution in [3.05, 3.63) is 48.0 Å². The molecule has 2 aliphatic rings. The van der Waals surface area contributed by atoms with Gasteiger partial charge in [-0.25, -0.2) is 8.42 Å². The van der Waals surface area contributed by atoms with E-state index in [2.05, 4.69) is 23.6 Å². The first-order valence-corrected chi connectivity index (χ1v) is 16.1. The molecule has 9 nitrogen and oxygen atoms in total. The lowest BCUT2D eigenvalue weighted by atomic mass is 9.89. The number of aliphatic hydroxyl groups is 1. The molecule has 0 saturated heterocycles. The van der Waals surface area contributed by atoms with Crippen molar-refractivity contribution in [3.63, 3.8) is 0 Å². The van der Waals surface area contributed by atoms with Gasteiger partial charge in [0.05, 0.1) is 31.1 Å². The predicted octanol–water partition coefficient (Wildman–Crippen LogP) is 4.16. The van der Waals surface area contributed by atoms with E-state index in [9.17, 15) is 18.3 Å². The average molecular weight is 588 g/mol. The van der Waals surface area contributed by atoms with Crippen molar-refractivity contribution in [2.24, 2.45) is 11.8 Å². The lowest BCUT2D eigenvalue weighted by Gasteiger charge is -2.35. The third-order valence-corrected chi connectivity index (χ3v) is 9.72. The van der Waals surface area contributed by atoms with E-state index in [-0.39, 0.29) is 41.9 Å². The molecule has 1 amide bonds. The Morgan fingerprint density at radius 3 is 2.49 bits per heavy atom. The number of likely N-dealkylation sites (N-methyl/N-ethyl adjacent to an activating group) is 1. The number of carbonyl (C=O) groups excluding carboxylic acids is 1. The summed E-state index contributed by atoms with van der Waals surface area (Å²) in [5, 5.41) is 9.91. The zero-order chi connectivity index (χ0) is 29.6. The van der Waals surface area contributed by atoms with Crippen molar-refractivity contribution >= 4 is 21.6 Å². The van der Waals surface area contributed by atoms with Crippen LogP contribution in [0.2, 0.25) is 0 Å². The summed E-state index contributed by atoms with van der Waals surface area (Å²) in [6, 6.07) is 10.9. The van der Waals surface area contributed by atoms with Crippen LogP contribution in [0.5, 0.6) is 11.5 Å². The number of nitrogens with one attached hydrogen (secondary N) is 1. The van der Waals surface area contributed by atoms with E-state index >= 15 is 0 Å². The third kappa shape index (κ3) is 8.14. The maximum atomic E-state index is 13.5. The number of hydrogen-bond acceptors (Lipinski definition) is 7. The van der Waals surface area contributed by atoms with Crippen LogP contribution >= 0.6 is 0 Å². The van der Waals surface area contributed by atoms with Gasteiger partial charge in [0.25, 0.3) is 10.0 Å². The van der Waals surface area contributed by atoms with Crippen molar-refractivity contribution in [2.45, 2.75) is 69.4 Å². The number of fused-ring (bicyclic) bond motifs is 1. The largest absolute Gasteiger partial charge is 0.497 e. The van der Waals surface area contributed by atoms with E-state index in [1.54, 1.807) is 35.2 Å². The number of anilines is 1. The maximum Gasteiger partial charge on any atom is 0.261 e. The molecule has 0 bridgehead atoms. The quantitative estimate of drug-likeness (QED) is 0.430. The molecule has 2 N–H and O–H groups in total. The van der Waals surface area contributed by atoms with Crippen LogP contribution < -0.4 is 14.2 Å². The van der Waals surface area contributed by atoms with E-state index in [0.717, 1.165) is 6.54 Å². The lowest BCUT2D eigenvalue weighted by molar-refractivity contribution is -0.134.